The van der Waals surface area contributed by atoms with Crippen molar-refractivity contribution in [1.82, 2.24) is 9.88 Å². The van der Waals surface area contributed by atoms with Crippen LogP contribution in [-0.4, -0.2) is 28.9 Å². The Morgan fingerprint density at radius 2 is 1.74 bits per heavy atom. The van der Waals surface area contributed by atoms with Gasteiger partial charge in [0, 0.05) is 34.9 Å². The SMILES string of the molecule is Cc1c(NC(=O)c2ccc(-c3ccccc3)c(F)c2)ccc2cc(CN3CCCCCC3)cnc12. The van der Waals surface area contributed by atoms with Crippen LogP contribution in [0.15, 0.2) is 72.9 Å². The third-order valence-electron chi connectivity index (χ3n) is 6.83. The molecule has 0 saturated carbocycles. The van der Waals surface area contributed by atoms with Crippen molar-refractivity contribution in [2.75, 3.05) is 18.4 Å². The highest BCUT2D eigenvalue weighted by molar-refractivity contribution is 6.06. The normalized spacial score (nSPS) is 14.6. The summed E-state index contributed by atoms with van der Waals surface area (Å²) in [6.45, 7) is 5.17. The Bertz CT molecular complexity index is 1340. The molecule has 2 heterocycles. The average molecular weight is 468 g/mol. The number of amides is 1. The van der Waals surface area contributed by atoms with Crippen LogP contribution in [0.4, 0.5) is 10.1 Å². The minimum absolute atomic E-state index is 0.280. The number of rotatable bonds is 5. The lowest BCUT2D eigenvalue weighted by Crippen LogP contribution is -2.24. The second-order valence-electron chi connectivity index (χ2n) is 9.36. The predicted molar refractivity (Wildman–Crippen MR) is 140 cm³/mol. The van der Waals surface area contributed by atoms with Gasteiger partial charge in [-0.2, -0.15) is 0 Å². The van der Waals surface area contributed by atoms with Crippen molar-refractivity contribution in [2.24, 2.45) is 0 Å². The molecular formula is C30H30FN3O. The number of nitrogens with zero attached hydrogens (tertiary/aromatic N) is 2. The predicted octanol–water partition coefficient (Wildman–Crippen LogP) is 6.98. The first-order valence-corrected chi connectivity index (χ1v) is 12.4. The summed E-state index contributed by atoms with van der Waals surface area (Å²) in [4.78, 5) is 20.1. The maximum absolute atomic E-state index is 14.8. The van der Waals surface area contributed by atoms with Gasteiger partial charge in [0.15, 0.2) is 0 Å². The first-order valence-electron chi connectivity index (χ1n) is 12.4. The van der Waals surface area contributed by atoms with E-state index >= 15 is 0 Å². The quantitative estimate of drug-likeness (QED) is 0.344. The number of hydrogen-bond donors (Lipinski definition) is 1. The Balaban J connectivity index is 1.33. The first kappa shape index (κ1) is 23.2. The lowest BCUT2D eigenvalue weighted by Gasteiger charge is -2.20. The number of nitrogens with one attached hydrogen (secondary N) is 1. The van der Waals surface area contributed by atoms with Gasteiger partial charge in [-0.05, 0) is 73.8 Å². The van der Waals surface area contributed by atoms with E-state index in [0.717, 1.165) is 41.7 Å². The highest BCUT2D eigenvalue weighted by Crippen LogP contribution is 2.27. The largest absolute Gasteiger partial charge is 0.322 e. The maximum Gasteiger partial charge on any atom is 0.255 e. The molecule has 4 nitrogen and oxygen atoms in total. The van der Waals surface area contributed by atoms with Gasteiger partial charge in [-0.15, -0.1) is 0 Å². The molecule has 1 amide bonds. The van der Waals surface area contributed by atoms with Crippen molar-refractivity contribution in [2.45, 2.75) is 39.2 Å². The van der Waals surface area contributed by atoms with Crippen LogP contribution in [0.2, 0.25) is 0 Å². The van der Waals surface area contributed by atoms with E-state index in [1.54, 1.807) is 12.1 Å². The molecule has 0 bridgehead atoms. The van der Waals surface area contributed by atoms with Crippen molar-refractivity contribution in [3.05, 3.63) is 95.4 Å². The van der Waals surface area contributed by atoms with E-state index in [1.165, 1.54) is 37.3 Å². The van der Waals surface area contributed by atoms with Crippen molar-refractivity contribution in [3.8, 4) is 11.1 Å². The number of aromatic nitrogens is 1. The number of carbonyl (C=O) groups excluding carboxylic acids is 1. The van der Waals surface area contributed by atoms with Crippen LogP contribution < -0.4 is 5.32 Å². The van der Waals surface area contributed by atoms with Crippen LogP contribution in [0.1, 0.15) is 47.2 Å². The van der Waals surface area contributed by atoms with E-state index in [-0.39, 0.29) is 11.5 Å². The number of likely N-dealkylation sites (tertiary alicyclic amines) is 1. The second-order valence-corrected chi connectivity index (χ2v) is 9.36. The summed E-state index contributed by atoms with van der Waals surface area (Å²) in [7, 11) is 0. The number of pyridine rings is 1. The van der Waals surface area contributed by atoms with Gasteiger partial charge in [-0.1, -0.05) is 55.3 Å². The molecule has 0 aliphatic carbocycles. The molecule has 5 rings (SSSR count). The molecule has 178 valence electrons. The van der Waals surface area contributed by atoms with E-state index in [4.69, 9.17) is 4.98 Å². The molecule has 1 aliphatic rings. The molecule has 1 fully saturated rings. The molecule has 3 aromatic carbocycles. The zero-order valence-corrected chi connectivity index (χ0v) is 20.1. The fourth-order valence-electron chi connectivity index (χ4n) is 4.87. The molecular weight excluding hydrogens is 437 g/mol. The molecule has 4 aromatic rings. The number of fused-ring (bicyclic) bond motifs is 1. The number of anilines is 1. The molecule has 1 aliphatic heterocycles. The Kier molecular flexibility index (Phi) is 6.87. The summed E-state index contributed by atoms with van der Waals surface area (Å²) in [5.41, 5.74) is 5.20. The zero-order chi connectivity index (χ0) is 24.2. The van der Waals surface area contributed by atoms with Gasteiger partial charge in [-0.3, -0.25) is 14.7 Å². The van der Waals surface area contributed by atoms with Crippen LogP contribution in [0.5, 0.6) is 0 Å². The van der Waals surface area contributed by atoms with Gasteiger partial charge in [-0.25, -0.2) is 4.39 Å². The summed E-state index contributed by atoms with van der Waals surface area (Å²) < 4.78 is 14.8. The summed E-state index contributed by atoms with van der Waals surface area (Å²) in [5.74, 6) is -0.763. The van der Waals surface area contributed by atoms with Crippen molar-refractivity contribution < 1.29 is 9.18 Å². The topological polar surface area (TPSA) is 45.2 Å². The minimum Gasteiger partial charge on any atom is -0.322 e. The van der Waals surface area contributed by atoms with Crippen molar-refractivity contribution >= 4 is 22.5 Å². The third kappa shape index (κ3) is 5.25. The standard InChI is InChI=1S/C30H30FN3O/c1-21-28(33-30(35)25-11-13-26(27(31)18-25)23-9-5-4-6-10-23)14-12-24-17-22(19-32-29(21)24)20-34-15-7-2-3-8-16-34/h4-6,9-14,17-19H,2-3,7-8,15-16,20H2,1H3,(H,33,35). The smallest absolute Gasteiger partial charge is 0.255 e. The van der Waals surface area contributed by atoms with Crippen LogP contribution in [0.25, 0.3) is 22.0 Å². The monoisotopic (exact) mass is 467 g/mol. The van der Waals surface area contributed by atoms with E-state index < -0.39 is 5.82 Å². The van der Waals surface area contributed by atoms with Crippen LogP contribution in [0, 0.1) is 12.7 Å². The van der Waals surface area contributed by atoms with E-state index in [1.807, 2.05) is 55.6 Å². The Morgan fingerprint density at radius 1 is 0.971 bits per heavy atom. The zero-order valence-electron chi connectivity index (χ0n) is 20.1. The van der Waals surface area contributed by atoms with E-state index in [2.05, 4.69) is 16.3 Å². The van der Waals surface area contributed by atoms with Gasteiger partial charge >= 0.3 is 0 Å². The van der Waals surface area contributed by atoms with Gasteiger partial charge < -0.3 is 5.32 Å². The lowest BCUT2D eigenvalue weighted by atomic mass is 10.0. The Morgan fingerprint density at radius 3 is 2.49 bits per heavy atom. The van der Waals surface area contributed by atoms with E-state index in [0.29, 0.717) is 11.3 Å². The summed E-state index contributed by atoms with van der Waals surface area (Å²) in [6, 6.07) is 20.0. The number of hydrogen-bond acceptors (Lipinski definition) is 3. The second kappa shape index (κ2) is 10.4. The lowest BCUT2D eigenvalue weighted by molar-refractivity contribution is 0.102. The van der Waals surface area contributed by atoms with Crippen LogP contribution in [0.3, 0.4) is 0 Å². The molecule has 0 spiro atoms. The summed E-state index contributed by atoms with van der Waals surface area (Å²) >= 11 is 0. The molecule has 0 radical (unpaired) electrons. The molecule has 35 heavy (non-hydrogen) atoms. The van der Waals surface area contributed by atoms with Crippen LogP contribution in [-0.2, 0) is 6.54 Å². The van der Waals surface area contributed by atoms with Gasteiger partial charge in [0.1, 0.15) is 5.82 Å². The number of benzene rings is 3. The van der Waals surface area contributed by atoms with Gasteiger partial charge in [0.2, 0.25) is 0 Å². The molecule has 1 aromatic heterocycles. The summed E-state index contributed by atoms with van der Waals surface area (Å²) in [5, 5.41) is 4.00. The van der Waals surface area contributed by atoms with E-state index in [9.17, 15) is 9.18 Å². The highest BCUT2D eigenvalue weighted by atomic mass is 19.1. The fourth-order valence-corrected chi connectivity index (χ4v) is 4.87. The third-order valence-corrected chi connectivity index (χ3v) is 6.83. The Hall–Kier alpha value is -3.57. The molecule has 5 heteroatoms. The van der Waals surface area contributed by atoms with Crippen molar-refractivity contribution in [1.29, 1.82) is 0 Å². The number of halogens is 1. The number of aryl methyl sites for hydroxylation is 1. The minimum atomic E-state index is -0.419. The van der Waals surface area contributed by atoms with Crippen LogP contribution >= 0.6 is 0 Å². The average Bonchev–Trinajstić information content (AvgIpc) is 3.15. The van der Waals surface area contributed by atoms with Gasteiger partial charge in [0.05, 0.1) is 5.52 Å². The number of carbonyl (C=O) groups is 1. The first-order chi connectivity index (χ1) is 17.1. The van der Waals surface area contributed by atoms with Crippen molar-refractivity contribution in [3.63, 3.8) is 0 Å². The summed E-state index contributed by atoms with van der Waals surface area (Å²) in [6.07, 6.45) is 7.13. The molecule has 1 saturated heterocycles. The molecule has 0 unspecified atom stereocenters. The molecule has 1 N–H and O–H groups in total. The Labute approximate surface area is 205 Å². The van der Waals surface area contributed by atoms with Gasteiger partial charge in [0.25, 0.3) is 5.91 Å². The maximum atomic E-state index is 14.8. The molecule has 0 atom stereocenters. The highest BCUT2D eigenvalue weighted by Gasteiger charge is 2.15. The fraction of sp³-hybridized carbons (Fsp3) is 0.267.